The van der Waals surface area contributed by atoms with E-state index in [1.165, 1.54) is 24.3 Å². The summed E-state index contributed by atoms with van der Waals surface area (Å²) >= 11 is 0. The number of rotatable bonds is 4. The fourth-order valence-corrected chi connectivity index (χ4v) is 3.85. The van der Waals surface area contributed by atoms with Crippen LogP contribution in [0, 0.1) is 0 Å². The average Bonchev–Trinajstić information content (AvgIpc) is 2.59. The Balaban J connectivity index is 2.31. The van der Waals surface area contributed by atoms with E-state index in [0.717, 1.165) is 18.2 Å². The Bertz CT molecular complexity index is 1380. The predicted molar refractivity (Wildman–Crippen MR) is 105 cm³/mol. The Labute approximate surface area is 164 Å². The third kappa shape index (κ3) is 4.12. The lowest BCUT2D eigenvalue weighted by Gasteiger charge is -2.09. The van der Waals surface area contributed by atoms with Gasteiger partial charge in [0.2, 0.25) is 0 Å². The van der Waals surface area contributed by atoms with Crippen molar-refractivity contribution >= 4 is 53.8 Å². The first-order valence-corrected chi connectivity index (χ1v) is 10.6. The fourth-order valence-electron chi connectivity index (χ4n) is 2.59. The molecule has 29 heavy (non-hydrogen) atoms. The molecule has 0 spiro atoms. The summed E-state index contributed by atoms with van der Waals surface area (Å²) in [4.78, 5) is -1.42. The van der Waals surface area contributed by atoms with Gasteiger partial charge in [0.15, 0.2) is 5.75 Å². The molecule has 13 heteroatoms. The van der Waals surface area contributed by atoms with E-state index in [1.54, 1.807) is 0 Å². The number of hydrogen-bond donors (Lipinski definition) is 5. The van der Waals surface area contributed by atoms with Crippen molar-refractivity contribution in [2.75, 3.05) is 11.5 Å². The number of fused-ring (bicyclic) bond motifs is 1. The van der Waals surface area contributed by atoms with E-state index in [1.807, 2.05) is 0 Å². The van der Waals surface area contributed by atoms with Gasteiger partial charge in [-0.05, 0) is 41.8 Å². The lowest BCUT2D eigenvalue weighted by molar-refractivity contribution is 0.472. The van der Waals surface area contributed by atoms with E-state index in [2.05, 4.69) is 10.2 Å². The Morgan fingerprint density at radius 2 is 1.34 bits per heavy atom. The smallest absolute Gasteiger partial charge is 0.296 e. The molecule has 0 saturated carbocycles. The van der Waals surface area contributed by atoms with Crippen LogP contribution in [0.3, 0.4) is 0 Å². The van der Waals surface area contributed by atoms with E-state index < -0.39 is 47.2 Å². The van der Waals surface area contributed by atoms with Crippen LogP contribution in [0.15, 0.2) is 62.5 Å². The molecule has 0 aliphatic carbocycles. The Morgan fingerprint density at radius 1 is 0.759 bits per heavy atom. The molecular formula is C16H14N4O7S2. The number of benzene rings is 3. The monoisotopic (exact) mass is 438 g/mol. The SMILES string of the molecule is Nc1ccc(S(=O)(=O)O)c(N=Nc2c(S(=O)(=O)O)cc3ccc(N)cc3c2O)c1. The first-order chi connectivity index (χ1) is 13.4. The third-order valence-corrected chi connectivity index (χ3v) is 5.64. The largest absolute Gasteiger partial charge is 0.505 e. The molecule has 0 heterocycles. The molecule has 0 aromatic heterocycles. The van der Waals surface area contributed by atoms with Crippen molar-refractivity contribution < 1.29 is 31.0 Å². The first kappa shape index (κ1) is 20.5. The number of phenols is 1. The molecule has 0 aliphatic rings. The second-order valence-corrected chi connectivity index (χ2v) is 8.71. The van der Waals surface area contributed by atoms with Crippen LogP contribution in [0.2, 0.25) is 0 Å². The van der Waals surface area contributed by atoms with Gasteiger partial charge < -0.3 is 16.6 Å². The van der Waals surface area contributed by atoms with E-state index in [-0.39, 0.29) is 22.1 Å². The zero-order valence-corrected chi connectivity index (χ0v) is 16.0. The van der Waals surface area contributed by atoms with Gasteiger partial charge in [0.05, 0.1) is 0 Å². The minimum atomic E-state index is -4.85. The van der Waals surface area contributed by atoms with Gasteiger partial charge >= 0.3 is 0 Å². The normalized spacial score (nSPS) is 12.6. The molecule has 11 nitrogen and oxygen atoms in total. The lowest BCUT2D eigenvalue weighted by Crippen LogP contribution is -2.00. The summed E-state index contributed by atoms with van der Waals surface area (Å²) in [6.45, 7) is 0. The maximum Gasteiger partial charge on any atom is 0.296 e. The third-order valence-electron chi connectivity index (χ3n) is 3.87. The summed E-state index contributed by atoms with van der Waals surface area (Å²) in [5.74, 6) is -0.663. The second kappa shape index (κ2) is 6.97. The van der Waals surface area contributed by atoms with Gasteiger partial charge in [0.25, 0.3) is 20.2 Å². The number of aromatic hydroxyl groups is 1. The molecule has 0 unspecified atom stereocenters. The minimum absolute atomic E-state index is 0.0804. The molecule has 3 aromatic rings. The highest BCUT2D eigenvalue weighted by Gasteiger charge is 2.23. The van der Waals surface area contributed by atoms with Crippen LogP contribution >= 0.6 is 0 Å². The zero-order chi connectivity index (χ0) is 21.6. The van der Waals surface area contributed by atoms with Crippen molar-refractivity contribution in [1.29, 1.82) is 0 Å². The maximum absolute atomic E-state index is 11.8. The van der Waals surface area contributed by atoms with Gasteiger partial charge in [0.1, 0.15) is 21.2 Å². The van der Waals surface area contributed by atoms with Crippen LogP contribution in [0.25, 0.3) is 10.8 Å². The number of nitrogens with zero attached hydrogens (tertiary/aromatic N) is 2. The van der Waals surface area contributed by atoms with Gasteiger partial charge in [-0.25, -0.2) is 0 Å². The van der Waals surface area contributed by atoms with Crippen molar-refractivity contribution in [3.05, 3.63) is 42.5 Å². The second-order valence-electron chi connectivity index (χ2n) is 5.93. The molecule has 0 amide bonds. The predicted octanol–water partition coefficient (Wildman–Crippen LogP) is 2.62. The van der Waals surface area contributed by atoms with Gasteiger partial charge in [-0.15, -0.1) is 10.2 Å². The Kier molecular flexibility index (Phi) is 4.92. The molecule has 0 fully saturated rings. The van der Waals surface area contributed by atoms with Crippen LogP contribution in [0.5, 0.6) is 5.75 Å². The van der Waals surface area contributed by atoms with Crippen LogP contribution in [0.1, 0.15) is 0 Å². The molecule has 0 bridgehead atoms. The van der Waals surface area contributed by atoms with E-state index in [4.69, 9.17) is 11.5 Å². The van der Waals surface area contributed by atoms with Crippen LogP contribution in [-0.4, -0.2) is 31.0 Å². The van der Waals surface area contributed by atoms with Crippen LogP contribution in [-0.2, 0) is 20.2 Å². The number of hydrogen-bond acceptors (Lipinski definition) is 9. The van der Waals surface area contributed by atoms with Crippen LogP contribution < -0.4 is 11.5 Å². The van der Waals surface area contributed by atoms with Crippen molar-refractivity contribution in [3.63, 3.8) is 0 Å². The summed E-state index contributed by atoms with van der Waals surface area (Å²) in [5.41, 5.74) is 10.5. The molecule has 3 aromatic carbocycles. The molecule has 0 aliphatic heterocycles. The highest BCUT2D eigenvalue weighted by atomic mass is 32.2. The molecule has 0 radical (unpaired) electrons. The number of nitrogens with two attached hydrogens (primary N) is 2. The standard InChI is InChI=1S/C16H14N4O7S2/c17-9-2-1-8-5-14(29(25,26)27)15(16(21)11(8)6-9)20-19-12-7-10(18)3-4-13(12)28(22,23)24/h1-7,21H,17-18H2,(H,22,23,24)(H,25,26,27). The number of nitrogen functional groups attached to an aromatic ring is 2. The first-order valence-electron chi connectivity index (χ1n) is 7.69. The van der Waals surface area contributed by atoms with E-state index in [9.17, 15) is 31.0 Å². The van der Waals surface area contributed by atoms with Gasteiger partial charge in [0, 0.05) is 16.8 Å². The highest BCUT2D eigenvalue weighted by molar-refractivity contribution is 7.86. The molecular weight excluding hydrogens is 424 g/mol. The lowest BCUT2D eigenvalue weighted by atomic mass is 10.1. The molecule has 7 N–H and O–H groups in total. The topological polar surface area (TPSA) is 206 Å². The number of anilines is 2. The van der Waals surface area contributed by atoms with Gasteiger partial charge in [-0.2, -0.15) is 16.8 Å². The van der Waals surface area contributed by atoms with Gasteiger partial charge in [-0.3, -0.25) is 9.11 Å². The van der Waals surface area contributed by atoms with Crippen molar-refractivity contribution in [2.24, 2.45) is 10.2 Å². The molecule has 0 atom stereocenters. The summed E-state index contributed by atoms with van der Waals surface area (Å²) < 4.78 is 65.3. The fraction of sp³-hybridized carbons (Fsp3) is 0. The van der Waals surface area contributed by atoms with Gasteiger partial charge in [-0.1, -0.05) is 6.07 Å². The summed E-state index contributed by atoms with van der Waals surface area (Å²) in [6, 6.07) is 8.51. The quantitative estimate of drug-likeness (QED) is 0.230. The Hall–Kier alpha value is -3.26. The van der Waals surface area contributed by atoms with Crippen LogP contribution in [0.4, 0.5) is 22.7 Å². The zero-order valence-electron chi connectivity index (χ0n) is 14.4. The summed E-state index contributed by atoms with van der Waals surface area (Å²) in [7, 11) is -9.55. The summed E-state index contributed by atoms with van der Waals surface area (Å²) in [5, 5.41) is 18.1. The number of azo groups is 1. The maximum atomic E-state index is 11.8. The van der Waals surface area contributed by atoms with Crippen molar-refractivity contribution in [1.82, 2.24) is 0 Å². The highest BCUT2D eigenvalue weighted by Crippen LogP contribution is 2.42. The molecule has 0 saturated heterocycles. The molecule has 152 valence electrons. The van der Waals surface area contributed by atoms with Crippen molar-refractivity contribution in [3.8, 4) is 5.75 Å². The van der Waals surface area contributed by atoms with E-state index >= 15 is 0 Å². The summed E-state index contributed by atoms with van der Waals surface area (Å²) in [6.07, 6.45) is 0. The Morgan fingerprint density at radius 3 is 1.97 bits per heavy atom. The minimum Gasteiger partial charge on any atom is -0.505 e. The average molecular weight is 438 g/mol. The van der Waals surface area contributed by atoms with Crippen molar-refractivity contribution in [2.45, 2.75) is 9.79 Å². The number of phenolic OH excluding ortho intramolecular Hbond substituents is 1. The van der Waals surface area contributed by atoms with E-state index in [0.29, 0.717) is 0 Å². The molecule has 3 rings (SSSR count).